The van der Waals surface area contributed by atoms with Crippen molar-refractivity contribution in [2.24, 2.45) is 4.99 Å². The standard InChI is InChI=1S/C20H28BrN5O/c1-4-22-19(23-11-8-17-25-18(14(2)3)26-27-17)24-13-20(9-10-20)15-6-5-7-16(21)12-15/h5-7,12,14H,4,8-11,13H2,1-3H3,(H2,22,23,24). The summed E-state index contributed by atoms with van der Waals surface area (Å²) in [6, 6.07) is 8.58. The van der Waals surface area contributed by atoms with E-state index in [1.54, 1.807) is 0 Å². The highest BCUT2D eigenvalue weighted by atomic mass is 79.9. The van der Waals surface area contributed by atoms with E-state index in [9.17, 15) is 0 Å². The average molecular weight is 434 g/mol. The molecule has 1 fully saturated rings. The number of guanidine groups is 1. The first-order valence-corrected chi connectivity index (χ1v) is 10.4. The predicted octanol–water partition coefficient (Wildman–Crippen LogP) is 3.78. The van der Waals surface area contributed by atoms with Gasteiger partial charge in [0.1, 0.15) is 0 Å². The van der Waals surface area contributed by atoms with Crippen LogP contribution in [0.25, 0.3) is 0 Å². The number of benzene rings is 1. The molecule has 0 radical (unpaired) electrons. The zero-order valence-corrected chi connectivity index (χ0v) is 17.8. The molecule has 1 saturated carbocycles. The summed E-state index contributed by atoms with van der Waals surface area (Å²) in [6.07, 6.45) is 3.06. The van der Waals surface area contributed by atoms with Crippen molar-refractivity contribution in [3.05, 3.63) is 46.0 Å². The second kappa shape index (κ2) is 8.87. The molecule has 1 aromatic carbocycles. The van der Waals surface area contributed by atoms with Gasteiger partial charge in [0.15, 0.2) is 11.8 Å². The zero-order chi connectivity index (χ0) is 19.3. The summed E-state index contributed by atoms with van der Waals surface area (Å²) >= 11 is 3.57. The van der Waals surface area contributed by atoms with E-state index in [0.29, 0.717) is 18.9 Å². The highest BCUT2D eigenvalue weighted by Crippen LogP contribution is 2.48. The molecule has 0 aliphatic heterocycles. The Morgan fingerprint density at radius 3 is 2.78 bits per heavy atom. The Bertz CT molecular complexity index is 782. The van der Waals surface area contributed by atoms with Crippen molar-refractivity contribution in [3.8, 4) is 0 Å². The maximum absolute atomic E-state index is 5.30. The van der Waals surface area contributed by atoms with Crippen molar-refractivity contribution >= 4 is 21.9 Å². The number of nitrogens with one attached hydrogen (secondary N) is 2. The zero-order valence-electron chi connectivity index (χ0n) is 16.3. The van der Waals surface area contributed by atoms with E-state index in [0.717, 1.165) is 29.3 Å². The molecule has 1 aliphatic rings. The Morgan fingerprint density at radius 1 is 1.33 bits per heavy atom. The van der Waals surface area contributed by atoms with Crippen LogP contribution in [0.4, 0.5) is 0 Å². The van der Waals surface area contributed by atoms with Gasteiger partial charge < -0.3 is 15.2 Å². The predicted molar refractivity (Wildman–Crippen MR) is 111 cm³/mol. The van der Waals surface area contributed by atoms with Gasteiger partial charge in [-0.3, -0.25) is 4.99 Å². The largest absolute Gasteiger partial charge is 0.357 e. The Hall–Kier alpha value is -1.89. The summed E-state index contributed by atoms with van der Waals surface area (Å²) in [6.45, 7) is 8.51. The Kier molecular flexibility index (Phi) is 6.52. The van der Waals surface area contributed by atoms with Crippen molar-refractivity contribution in [1.29, 1.82) is 0 Å². The molecular weight excluding hydrogens is 406 g/mol. The molecule has 3 rings (SSSR count). The minimum atomic E-state index is 0.185. The topological polar surface area (TPSA) is 75.3 Å². The van der Waals surface area contributed by atoms with Crippen molar-refractivity contribution < 1.29 is 4.52 Å². The molecule has 27 heavy (non-hydrogen) atoms. The molecule has 146 valence electrons. The minimum absolute atomic E-state index is 0.185. The maximum atomic E-state index is 5.30. The second-order valence-corrected chi connectivity index (χ2v) is 8.28. The van der Waals surface area contributed by atoms with E-state index in [4.69, 9.17) is 9.52 Å². The molecule has 6 nitrogen and oxygen atoms in total. The molecule has 2 aromatic rings. The molecule has 0 amide bonds. The van der Waals surface area contributed by atoms with E-state index >= 15 is 0 Å². The summed E-state index contributed by atoms with van der Waals surface area (Å²) in [5, 5.41) is 10.7. The smallest absolute Gasteiger partial charge is 0.228 e. The normalized spacial score (nSPS) is 15.8. The van der Waals surface area contributed by atoms with Gasteiger partial charge in [0.05, 0.1) is 6.54 Å². The third-order valence-corrected chi connectivity index (χ3v) is 5.30. The fourth-order valence-electron chi connectivity index (χ4n) is 2.97. The Labute approximate surface area is 169 Å². The highest BCUT2D eigenvalue weighted by Gasteiger charge is 2.44. The lowest BCUT2D eigenvalue weighted by atomic mass is 9.96. The summed E-state index contributed by atoms with van der Waals surface area (Å²) in [7, 11) is 0. The van der Waals surface area contributed by atoms with Crippen LogP contribution in [0.15, 0.2) is 38.3 Å². The third-order valence-electron chi connectivity index (χ3n) is 4.81. The van der Waals surface area contributed by atoms with E-state index in [-0.39, 0.29) is 11.3 Å². The monoisotopic (exact) mass is 433 g/mol. The molecule has 7 heteroatoms. The molecule has 0 bridgehead atoms. The van der Waals surface area contributed by atoms with E-state index in [2.05, 4.69) is 81.7 Å². The van der Waals surface area contributed by atoms with Crippen LogP contribution in [0.3, 0.4) is 0 Å². The number of nitrogens with zero attached hydrogens (tertiary/aromatic N) is 3. The van der Waals surface area contributed by atoms with Gasteiger partial charge in [0, 0.05) is 35.3 Å². The van der Waals surface area contributed by atoms with Crippen LogP contribution in [-0.4, -0.2) is 35.7 Å². The molecule has 0 spiro atoms. The Morgan fingerprint density at radius 2 is 2.15 bits per heavy atom. The molecular formula is C20H28BrN5O. The van der Waals surface area contributed by atoms with E-state index in [1.807, 2.05) is 0 Å². The van der Waals surface area contributed by atoms with Crippen molar-refractivity contribution in [1.82, 2.24) is 20.8 Å². The molecule has 0 atom stereocenters. The maximum Gasteiger partial charge on any atom is 0.228 e. The highest BCUT2D eigenvalue weighted by molar-refractivity contribution is 9.10. The quantitative estimate of drug-likeness (QED) is 0.489. The number of halogens is 1. The number of hydrogen-bond acceptors (Lipinski definition) is 4. The van der Waals surface area contributed by atoms with Gasteiger partial charge in [-0.25, -0.2) is 0 Å². The first kappa shape index (κ1) is 19.9. The summed E-state index contributed by atoms with van der Waals surface area (Å²) in [4.78, 5) is 9.24. The van der Waals surface area contributed by atoms with Crippen molar-refractivity contribution in [2.45, 2.75) is 51.4 Å². The van der Waals surface area contributed by atoms with Gasteiger partial charge in [0.25, 0.3) is 0 Å². The lowest BCUT2D eigenvalue weighted by molar-refractivity contribution is 0.371. The lowest BCUT2D eigenvalue weighted by Crippen LogP contribution is -2.39. The van der Waals surface area contributed by atoms with Gasteiger partial charge in [0.2, 0.25) is 5.89 Å². The SMILES string of the molecule is CCNC(=NCC1(c2cccc(Br)c2)CC1)NCCc1nc(C(C)C)no1. The van der Waals surface area contributed by atoms with Gasteiger partial charge >= 0.3 is 0 Å². The number of hydrogen-bond donors (Lipinski definition) is 2. The van der Waals surface area contributed by atoms with Gasteiger partial charge in [-0.1, -0.05) is 47.1 Å². The first-order valence-electron chi connectivity index (χ1n) is 9.63. The summed E-state index contributed by atoms with van der Waals surface area (Å²) < 4.78 is 6.42. The Balaban J connectivity index is 1.56. The van der Waals surface area contributed by atoms with Crippen LogP contribution in [0.1, 0.15) is 56.8 Å². The third kappa shape index (κ3) is 5.31. The van der Waals surface area contributed by atoms with Gasteiger partial charge in [-0.2, -0.15) is 4.98 Å². The summed E-state index contributed by atoms with van der Waals surface area (Å²) in [5.74, 6) is 2.54. The molecule has 1 aliphatic carbocycles. The minimum Gasteiger partial charge on any atom is -0.357 e. The van der Waals surface area contributed by atoms with Gasteiger partial charge in [-0.05, 0) is 37.5 Å². The molecule has 2 N–H and O–H groups in total. The van der Waals surface area contributed by atoms with Crippen LogP contribution in [0, 0.1) is 0 Å². The van der Waals surface area contributed by atoms with E-state index < -0.39 is 0 Å². The number of aromatic nitrogens is 2. The van der Waals surface area contributed by atoms with Crippen LogP contribution < -0.4 is 10.6 Å². The number of aliphatic imine (C=N–C) groups is 1. The van der Waals surface area contributed by atoms with E-state index in [1.165, 1.54) is 18.4 Å². The average Bonchev–Trinajstić information content (AvgIpc) is 3.29. The second-order valence-electron chi connectivity index (χ2n) is 7.36. The summed E-state index contributed by atoms with van der Waals surface area (Å²) in [5.41, 5.74) is 1.55. The fraction of sp³-hybridized carbons (Fsp3) is 0.550. The van der Waals surface area contributed by atoms with Crippen LogP contribution in [0.2, 0.25) is 0 Å². The molecule has 1 aromatic heterocycles. The fourth-order valence-corrected chi connectivity index (χ4v) is 3.37. The molecule has 0 saturated heterocycles. The van der Waals surface area contributed by atoms with Crippen LogP contribution in [-0.2, 0) is 11.8 Å². The molecule has 1 heterocycles. The van der Waals surface area contributed by atoms with Crippen LogP contribution in [0.5, 0.6) is 0 Å². The number of rotatable bonds is 8. The van der Waals surface area contributed by atoms with Crippen molar-refractivity contribution in [3.63, 3.8) is 0 Å². The van der Waals surface area contributed by atoms with Crippen LogP contribution >= 0.6 is 15.9 Å². The first-order chi connectivity index (χ1) is 13.0. The lowest BCUT2D eigenvalue weighted by Gasteiger charge is -2.16. The van der Waals surface area contributed by atoms with Gasteiger partial charge in [-0.15, -0.1) is 0 Å². The molecule has 0 unspecified atom stereocenters. The van der Waals surface area contributed by atoms with Crippen molar-refractivity contribution in [2.75, 3.05) is 19.6 Å².